The molecular formula is C16H26O3. The number of phenols is 1. The Labute approximate surface area is 116 Å². The monoisotopic (exact) mass is 266 g/mol. The van der Waals surface area contributed by atoms with Gasteiger partial charge in [-0.3, -0.25) is 0 Å². The first-order chi connectivity index (χ1) is 8.54. The fourth-order valence-corrected chi connectivity index (χ4v) is 2.29. The maximum Gasteiger partial charge on any atom is 0.167 e. The molecule has 0 radical (unpaired) electrons. The van der Waals surface area contributed by atoms with Gasteiger partial charge in [0.05, 0.1) is 14.2 Å². The van der Waals surface area contributed by atoms with Crippen molar-refractivity contribution in [1.82, 2.24) is 0 Å². The zero-order valence-electron chi connectivity index (χ0n) is 13.3. The molecule has 0 saturated heterocycles. The number of aromatic hydroxyl groups is 1. The largest absolute Gasteiger partial charge is 0.504 e. The van der Waals surface area contributed by atoms with Gasteiger partial charge in [0, 0.05) is 11.1 Å². The molecule has 1 rings (SSSR count). The number of hydrogen-bond donors (Lipinski definition) is 1. The summed E-state index contributed by atoms with van der Waals surface area (Å²) in [7, 11) is 3.23. The van der Waals surface area contributed by atoms with Gasteiger partial charge in [-0.1, -0.05) is 41.5 Å². The van der Waals surface area contributed by atoms with E-state index < -0.39 is 0 Å². The Balaban J connectivity index is 3.79. The molecule has 3 nitrogen and oxygen atoms in total. The van der Waals surface area contributed by atoms with Crippen molar-refractivity contribution in [3.05, 3.63) is 17.2 Å². The highest BCUT2D eigenvalue weighted by Gasteiger charge is 2.32. The van der Waals surface area contributed by atoms with E-state index in [0.29, 0.717) is 5.75 Å². The molecule has 0 unspecified atom stereocenters. The van der Waals surface area contributed by atoms with Crippen molar-refractivity contribution in [2.45, 2.75) is 52.4 Å². The molecule has 0 aromatic heterocycles. The second-order valence-electron chi connectivity index (χ2n) is 6.88. The summed E-state index contributed by atoms with van der Waals surface area (Å²) in [5.74, 6) is 1.46. The molecule has 0 fully saturated rings. The first-order valence-corrected chi connectivity index (χ1v) is 6.53. The number of methoxy groups -OCH3 is 2. The van der Waals surface area contributed by atoms with E-state index in [1.807, 2.05) is 0 Å². The maximum atomic E-state index is 10.2. The van der Waals surface area contributed by atoms with Crippen LogP contribution in [0.15, 0.2) is 6.07 Å². The normalized spacial score (nSPS) is 12.4. The molecule has 0 amide bonds. The van der Waals surface area contributed by atoms with Crippen molar-refractivity contribution < 1.29 is 14.6 Å². The Kier molecular flexibility index (Phi) is 4.08. The van der Waals surface area contributed by atoms with E-state index in [1.54, 1.807) is 20.3 Å². The van der Waals surface area contributed by atoms with Crippen LogP contribution >= 0.6 is 0 Å². The van der Waals surface area contributed by atoms with Crippen LogP contribution in [0.2, 0.25) is 0 Å². The maximum absolute atomic E-state index is 10.2. The van der Waals surface area contributed by atoms with E-state index in [0.717, 1.165) is 16.9 Å². The second kappa shape index (κ2) is 4.95. The zero-order valence-corrected chi connectivity index (χ0v) is 13.3. The van der Waals surface area contributed by atoms with E-state index >= 15 is 0 Å². The summed E-state index contributed by atoms with van der Waals surface area (Å²) in [4.78, 5) is 0. The molecule has 108 valence electrons. The highest BCUT2D eigenvalue weighted by molar-refractivity contribution is 5.61. The molecule has 0 aliphatic carbocycles. The number of benzene rings is 1. The fourth-order valence-electron chi connectivity index (χ4n) is 2.29. The van der Waals surface area contributed by atoms with Crippen molar-refractivity contribution in [1.29, 1.82) is 0 Å². The van der Waals surface area contributed by atoms with E-state index in [9.17, 15) is 5.11 Å². The molecule has 3 heteroatoms. The molecule has 0 atom stereocenters. The van der Waals surface area contributed by atoms with Crippen LogP contribution in [0.1, 0.15) is 52.7 Å². The third-order valence-corrected chi connectivity index (χ3v) is 3.18. The molecule has 1 N–H and O–H groups in total. The Hall–Kier alpha value is -1.38. The van der Waals surface area contributed by atoms with Crippen LogP contribution in [0, 0.1) is 0 Å². The Morgan fingerprint density at radius 3 is 1.63 bits per heavy atom. The lowest BCUT2D eigenvalue weighted by Gasteiger charge is -2.30. The van der Waals surface area contributed by atoms with Gasteiger partial charge in [0.15, 0.2) is 11.5 Å². The second-order valence-corrected chi connectivity index (χ2v) is 6.88. The predicted molar refractivity (Wildman–Crippen MR) is 78.6 cm³/mol. The smallest absolute Gasteiger partial charge is 0.167 e. The van der Waals surface area contributed by atoms with Gasteiger partial charge >= 0.3 is 0 Å². The van der Waals surface area contributed by atoms with Crippen LogP contribution in [-0.4, -0.2) is 19.3 Å². The quantitative estimate of drug-likeness (QED) is 0.879. The molecule has 0 bridgehead atoms. The van der Waals surface area contributed by atoms with Crippen LogP contribution in [0.5, 0.6) is 17.2 Å². The number of phenolic OH excluding ortho intramolecular Hbond substituents is 1. The van der Waals surface area contributed by atoms with Crippen LogP contribution in [0.3, 0.4) is 0 Å². The Morgan fingerprint density at radius 2 is 1.32 bits per heavy atom. The summed E-state index contributed by atoms with van der Waals surface area (Å²) in [5, 5.41) is 10.2. The standard InChI is InChI=1S/C16H26O3/c1-15(2,3)10-9-11(17)14(19-8)12(13(10)18-7)16(4,5)6/h9,17H,1-8H3. The van der Waals surface area contributed by atoms with Crippen LogP contribution < -0.4 is 9.47 Å². The third-order valence-electron chi connectivity index (χ3n) is 3.18. The highest BCUT2D eigenvalue weighted by Crippen LogP contribution is 2.48. The predicted octanol–water partition coefficient (Wildman–Crippen LogP) is 4.00. The van der Waals surface area contributed by atoms with Gasteiger partial charge in [-0.15, -0.1) is 0 Å². The van der Waals surface area contributed by atoms with Crippen molar-refractivity contribution in [3.63, 3.8) is 0 Å². The summed E-state index contributed by atoms with van der Waals surface area (Å²) in [5.41, 5.74) is 1.59. The highest BCUT2D eigenvalue weighted by atomic mass is 16.5. The first kappa shape index (κ1) is 15.7. The molecule has 0 spiro atoms. The molecule has 1 aromatic carbocycles. The summed E-state index contributed by atoms with van der Waals surface area (Å²) in [6, 6.07) is 1.74. The molecule has 0 saturated carbocycles. The minimum Gasteiger partial charge on any atom is -0.504 e. The first-order valence-electron chi connectivity index (χ1n) is 6.53. The van der Waals surface area contributed by atoms with Gasteiger partial charge in [0.2, 0.25) is 0 Å². The molecule has 1 aromatic rings. The van der Waals surface area contributed by atoms with Gasteiger partial charge in [-0.25, -0.2) is 0 Å². The number of rotatable bonds is 2. The van der Waals surface area contributed by atoms with Crippen molar-refractivity contribution >= 4 is 0 Å². The van der Waals surface area contributed by atoms with Gasteiger partial charge < -0.3 is 14.6 Å². The topological polar surface area (TPSA) is 38.7 Å². The summed E-state index contributed by atoms with van der Waals surface area (Å²) in [6.07, 6.45) is 0. The summed E-state index contributed by atoms with van der Waals surface area (Å²) < 4.78 is 11.0. The zero-order chi connectivity index (χ0) is 15.0. The lowest BCUT2D eigenvalue weighted by Crippen LogP contribution is -2.20. The SMILES string of the molecule is COc1c(O)cc(C(C)(C)C)c(OC)c1C(C)(C)C. The van der Waals surface area contributed by atoms with Gasteiger partial charge in [-0.2, -0.15) is 0 Å². The van der Waals surface area contributed by atoms with Crippen LogP contribution in [-0.2, 0) is 10.8 Å². The average molecular weight is 266 g/mol. The lowest BCUT2D eigenvalue weighted by molar-refractivity contribution is 0.336. The fraction of sp³-hybridized carbons (Fsp3) is 0.625. The summed E-state index contributed by atoms with van der Waals surface area (Å²) >= 11 is 0. The molecule has 0 aliphatic rings. The van der Waals surface area contributed by atoms with Crippen molar-refractivity contribution in [2.24, 2.45) is 0 Å². The van der Waals surface area contributed by atoms with E-state index in [1.165, 1.54) is 0 Å². The average Bonchev–Trinajstić information content (AvgIpc) is 2.24. The number of ether oxygens (including phenoxy) is 2. The van der Waals surface area contributed by atoms with E-state index in [2.05, 4.69) is 41.5 Å². The third kappa shape index (κ3) is 2.96. The van der Waals surface area contributed by atoms with Crippen LogP contribution in [0.25, 0.3) is 0 Å². The Bertz CT molecular complexity index is 462. The van der Waals surface area contributed by atoms with E-state index in [-0.39, 0.29) is 16.6 Å². The van der Waals surface area contributed by atoms with Crippen molar-refractivity contribution in [3.8, 4) is 17.2 Å². The molecular weight excluding hydrogens is 240 g/mol. The van der Waals surface area contributed by atoms with E-state index in [4.69, 9.17) is 9.47 Å². The Morgan fingerprint density at radius 1 is 0.842 bits per heavy atom. The van der Waals surface area contributed by atoms with Crippen LogP contribution in [0.4, 0.5) is 0 Å². The van der Waals surface area contributed by atoms with Gasteiger partial charge in [0.25, 0.3) is 0 Å². The van der Waals surface area contributed by atoms with Gasteiger partial charge in [-0.05, 0) is 16.9 Å². The minimum atomic E-state index is -0.185. The van der Waals surface area contributed by atoms with Gasteiger partial charge in [0.1, 0.15) is 5.75 Å². The molecule has 19 heavy (non-hydrogen) atoms. The van der Waals surface area contributed by atoms with Crippen molar-refractivity contribution in [2.75, 3.05) is 14.2 Å². The number of hydrogen-bond acceptors (Lipinski definition) is 3. The molecule has 0 heterocycles. The minimum absolute atomic E-state index is 0.116. The lowest BCUT2D eigenvalue weighted by atomic mass is 9.78. The summed E-state index contributed by atoms with van der Waals surface area (Å²) in [6.45, 7) is 12.5. The molecule has 0 aliphatic heterocycles.